The zero-order valence-electron chi connectivity index (χ0n) is 15.5. The number of hydrogen-bond acceptors (Lipinski definition) is 3. The molecule has 2 aliphatic heterocycles. The normalized spacial score (nSPS) is 24.6. The summed E-state index contributed by atoms with van der Waals surface area (Å²) in [6.45, 7) is 8.75. The molecule has 0 unspecified atom stereocenters. The molecule has 1 spiro atoms. The van der Waals surface area contributed by atoms with Gasteiger partial charge in [-0.15, -0.1) is 0 Å². The Morgan fingerprint density at radius 3 is 2.08 bits per heavy atom. The van der Waals surface area contributed by atoms with E-state index in [4.69, 9.17) is 11.6 Å². The summed E-state index contributed by atoms with van der Waals surface area (Å²) in [6, 6.07) is 6.92. The second-order valence-electron chi connectivity index (χ2n) is 8.57. The highest BCUT2D eigenvalue weighted by molar-refractivity contribution is 6.30. The highest BCUT2D eigenvalue weighted by Gasteiger charge is 2.60. The molecule has 0 aromatic heterocycles. The first-order valence-corrected chi connectivity index (χ1v) is 8.97. The van der Waals surface area contributed by atoms with Gasteiger partial charge in [0.2, 0.25) is 0 Å². The molecular weight excluding hydrogens is 338 g/mol. The number of halogens is 1. The van der Waals surface area contributed by atoms with Gasteiger partial charge in [-0.25, -0.2) is 4.79 Å². The third kappa shape index (κ3) is 3.04. The number of piperidine rings is 1. The van der Waals surface area contributed by atoms with Crippen LogP contribution in [0.2, 0.25) is 5.02 Å². The average molecular weight is 364 g/mol. The number of benzene rings is 1. The van der Waals surface area contributed by atoms with Crippen molar-refractivity contribution in [3.8, 4) is 0 Å². The van der Waals surface area contributed by atoms with Crippen LogP contribution in [0.1, 0.15) is 46.1 Å². The maximum atomic E-state index is 13.2. The van der Waals surface area contributed by atoms with E-state index >= 15 is 0 Å². The minimum atomic E-state index is -0.830. The van der Waals surface area contributed by atoms with Crippen molar-refractivity contribution in [1.29, 1.82) is 0 Å². The van der Waals surface area contributed by atoms with Gasteiger partial charge in [0.15, 0.2) is 0 Å². The molecule has 0 saturated carbocycles. The third-order valence-corrected chi connectivity index (χ3v) is 6.04. The maximum Gasteiger partial charge on any atom is 0.325 e. The number of hydrogen-bond donors (Lipinski definition) is 1. The number of nitrogens with zero attached hydrogens (tertiary/aromatic N) is 2. The van der Waals surface area contributed by atoms with Crippen molar-refractivity contribution in [2.75, 3.05) is 7.05 Å². The molecule has 2 saturated heterocycles. The lowest BCUT2D eigenvalue weighted by Gasteiger charge is -2.56. The quantitative estimate of drug-likeness (QED) is 0.819. The van der Waals surface area contributed by atoms with Crippen molar-refractivity contribution in [3.05, 3.63) is 34.9 Å². The first-order valence-electron chi connectivity index (χ1n) is 8.59. The van der Waals surface area contributed by atoms with Crippen molar-refractivity contribution < 1.29 is 9.59 Å². The Morgan fingerprint density at radius 2 is 1.56 bits per heavy atom. The standard InChI is InChI=1S/C19H26ClN3O2/c1-17(2)11-19(12-18(3,4)22(17)5)15(24)23(16(25)21-19)10-13-6-8-14(20)9-7-13/h6-9H,10-12H2,1-5H3,(H,21,25). The molecular formula is C19H26ClN3O2. The molecule has 136 valence electrons. The van der Waals surface area contributed by atoms with E-state index in [9.17, 15) is 9.59 Å². The number of nitrogens with one attached hydrogen (secondary N) is 1. The van der Waals surface area contributed by atoms with E-state index in [0.717, 1.165) is 5.56 Å². The van der Waals surface area contributed by atoms with Gasteiger partial charge in [-0.05, 0) is 65.3 Å². The largest absolute Gasteiger partial charge is 0.325 e. The van der Waals surface area contributed by atoms with Crippen LogP contribution in [0.3, 0.4) is 0 Å². The van der Waals surface area contributed by atoms with Crippen LogP contribution in [0.15, 0.2) is 24.3 Å². The summed E-state index contributed by atoms with van der Waals surface area (Å²) in [5.41, 5.74) is -0.332. The summed E-state index contributed by atoms with van der Waals surface area (Å²) >= 11 is 5.91. The number of carbonyl (C=O) groups is 2. The molecule has 2 aliphatic rings. The van der Waals surface area contributed by atoms with Gasteiger partial charge in [0.25, 0.3) is 5.91 Å². The van der Waals surface area contributed by atoms with Gasteiger partial charge in [0.1, 0.15) is 5.54 Å². The van der Waals surface area contributed by atoms with E-state index in [1.54, 1.807) is 12.1 Å². The molecule has 1 aromatic rings. The van der Waals surface area contributed by atoms with Crippen LogP contribution in [-0.4, -0.2) is 45.4 Å². The van der Waals surface area contributed by atoms with Crippen LogP contribution in [0.4, 0.5) is 4.79 Å². The lowest BCUT2D eigenvalue weighted by Crippen LogP contribution is -2.68. The van der Waals surface area contributed by atoms with Gasteiger partial charge in [0, 0.05) is 16.1 Å². The Labute approximate surface area is 154 Å². The van der Waals surface area contributed by atoms with Gasteiger partial charge in [-0.3, -0.25) is 14.6 Å². The summed E-state index contributed by atoms with van der Waals surface area (Å²) in [6.07, 6.45) is 1.20. The predicted octanol–water partition coefficient (Wildman–Crippen LogP) is 3.41. The molecule has 2 fully saturated rings. The first kappa shape index (κ1) is 18.2. The van der Waals surface area contributed by atoms with Gasteiger partial charge in [0.05, 0.1) is 6.54 Å². The molecule has 6 heteroatoms. The monoisotopic (exact) mass is 363 g/mol. The molecule has 3 amide bonds. The number of imide groups is 1. The van der Waals surface area contributed by atoms with Gasteiger partial charge >= 0.3 is 6.03 Å². The van der Waals surface area contributed by atoms with E-state index in [2.05, 4.69) is 45.0 Å². The summed E-state index contributed by atoms with van der Waals surface area (Å²) in [5.74, 6) is -0.123. The number of amides is 3. The highest BCUT2D eigenvalue weighted by Crippen LogP contribution is 2.45. The van der Waals surface area contributed by atoms with Crippen molar-refractivity contribution in [2.24, 2.45) is 0 Å². The van der Waals surface area contributed by atoms with E-state index in [1.807, 2.05) is 12.1 Å². The SMILES string of the molecule is CN1C(C)(C)CC2(CC1(C)C)NC(=O)N(Cc1ccc(Cl)cc1)C2=O. The van der Waals surface area contributed by atoms with Crippen molar-refractivity contribution in [3.63, 3.8) is 0 Å². The average Bonchev–Trinajstić information content (AvgIpc) is 2.70. The lowest BCUT2D eigenvalue weighted by molar-refractivity contribution is -0.139. The summed E-state index contributed by atoms with van der Waals surface area (Å²) in [5, 5.41) is 3.65. The number of rotatable bonds is 2. The summed E-state index contributed by atoms with van der Waals surface area (Å²) < 4.78 is 0. The van der Waals surface area contributed by atoms with Crippen molar-refractivity contribution in [2.45, 2.75) is 63.7 Å². The van der Waals surface area contributed by atoms with Crippen LogP contribution < -0.4 is 5.32 Å². The van der Waals surface area contributed by atoms with E-state index in [1.165, 1.54) is 4.90 Å². The van der Waals surface area contributed by atoms with Gasteiger partial charge < -0.3 is 5.32 Å². The number of likely N-dealkylation sites (tertiary alicyclic amines) is 1. The summed E-state index contributed by atoms with van der Waals surface area (Å²) in [4.78, 5) is 29.5. The fraction of sp³-hybridized carbons (Fsp3) is 0.579. The third-order valence-electron chi connectivity index (χ3n) is 5.78. The number of urea groups is 1. The zero-order valence-corrected chi connectivity index (χ0v) is 16.3. The predicted molar refractivity (Wildman–Crippen MR) is 98.4 cm³/mol. The first-order chi connectivity index (χ1) is 11.5. The number of carbonyl (C=O) groups excluding carboxylic acids is 2. The van der Waals surface area contributed by atoms with Crippen molar-refractivity contribution in [1.82, 2.24) is 15.1 Å². The Hall–Kier alpha value is -1.59. The minimum absolute atomic E-state index is 0.123. The fourth-order valence-electron chi connectivity index (χ4n) is 4.43. The molecule has 0 radical (unpaired) electrons. The summed E-state index contributed by atoms with van der Waals surface area (Å²) in [7, 11) is 2.08. The van der Waals surface area contributed by atoms with Gasteiger partial charge in [-0.2, -0.15) is 0 Å². The highest BCUT2D eigenvalue weighted by atomic mass is 35.5. The van der Waals surface area contributed by atoms with Crippen LogP contribution >= 0.6 is 11.6 Å². The van der Waals surface area contributed by atoms with Crippen molar-refractivity contribution >= 4 is 23.5 Å². The second kappa shape index (κ2) is 5.71. The van der Waals surface area contributed by atoms with Crippen LogP contribution in [0.5, 0.6) is 0 Å². The van der Waals surface area contributed by atoms with Gasteiger partial charge in [-0.1, -0.05) is 23.7 Å². The Kier molecular flexibility index (Phi) is 4.16. The van der Waals surface area contributed by atoms with E-state index in [-0.39, 0.29) is 29.6 Å². The topological polar surface area (TPSA) is 52.7 Å². The molecule has 0 aliphatic carbocycles. The van der Waals surface area contributed by atoms with Crippen LogP contribution in [0.25, 0.3) is 0 Å². The maximum absolute atomic E-state index is 13.2. The molecule has 1 N–H and O–H groups in total. The smallest absolute Gasteiger partial charge is 0.323 e. The second-order valence-corrected chi connectivity index (χ2v) is 9.00. The molecule has 5 nitrogen and oxygen atoms in total. The molecule has 1 aromatic carbocycles. The van der Waals surface area contributed by atoms with E-state index in [0.29, 0.717) is 17.9 Å². The Balaban J connectivity index is 1.89. The Morgan fingerprint density at radius 1 is 1.04 bits per heavy atom. The molecule has 0 bridgehead atoms. The lowest BCUT2D eigenvalue weighted by atomic mass is 9.69. The Bertz CT molecular complexity index is 694. The fourth-order valence-corrected chi connectivity index (χ4v) is 4.55. The molecule has 0 atom stereocenters. The minimum Gasteiger partial charge on any atom is -0.323 e. The molecule has 2 heterocycles. The van der Waals surface area contributed by atoms with Crippen LogP contribution in [0, 0.1) is 0 Å². The molecule has 25 heavy (non-hydrogen) atoms. The molecule has 3 rings (SSSR count). The van der Waals surface area contributed by atoms with E-state index < -0.39 is 5.54 Å². The zero-order chi connectivity index (χ0) is 18.6. The van der Waals surface area contributed by atoms with Crippen LogP contribution in [-0.2, 0) is 11.3 Å².